The summed E-state index contributed by atoms with van der Waals surface area (Å²) in [5, 5.41) is 15.9. The lowest BCUT2D eigenvalue weighted by atomic mass is 10.1. The van der Waals surface area contributed by atoms with Crippen LogP contribution in [0, 0.1) is 12.7 Å². The Morgan fingerprint density at radius 2 is 1.96 bits per heavy atom. The van der Waals surface area contributed by atoms with Gasteiger partial charge >= 0.3 is 0 Å². The molecule has 26 heavy (non-hydrogen) atoms. The predicted octanol–water partition coefficient (Wildman–Crippen LogP) is 3.99. The minimum Gasteiger partial charge on any atom is -0.380 e. The highest BCUT2D eigenvalue weighted by molar-refractivity contribution is 7.18. The maximum absolute atomic E-state index is 13.2. The van der Waals surface area contributed by atoms with Crippen LogP contribution in [-0.4, -0.2) is 27.5 Å². The van der Waals surface area contributed by atoms with Gasteiger partial charge in [0.15, 0.2) is 11.6 Å². The van der Waals surface area contributed by atoms with Crippen LogP contribution < -0.4 is 5.32 Å². The molecule has 1 aliphatic rings. The number of aliphatic hydroxyl groups is 1. The first-order valence-corrected chi connectivity index (χ1v) is 9.07. The molecule has 0 saturated carbocycles. The summed E-state index contributed by atoms with van der Waals surface area (Å²) >= 11 is 1.55. The number of aliphatic hydroxyl groups excluding tert-OH is 1. The molecule has 0 amide bonds. The number of amidine groups is 1. The maximum atomic E-state index is 13.2. The molecule has 1 unspecified atom stereocenters. The van der Waals surface area contributed by atoms with Gasteiger partial charge in [0.2, 0.25) is 0 Å². The van der Waals surface area contributed by atoms with Crippen molar-refractivity contribution >= 4 is 33.2 Å². The second-order valence-corrected chi connectivity index (χ2v) is 7.18. The summed E-state index contributed by atoms with van der Waals surface area (Å²) in [6.07, 6.45) is 0.937. The SMILES string of the molecule is CC1=CC(Nc2nc(C(O)c3ccc(F)cc3)nc3c(C)csc23)=NC1. The van der Waals surface area contributed by atoms with E-state index in [-0.39, 0.29) is 11.6 Å². The van der Waals surface area contributed by atoms with E-state index < -0.39 is 6.10 Å². The number of hydrogen-bond acceptors (Lipinski definition) is 6. The largest absolute Gasteiger partial charge is 0.380 e. The van der Waals surface area contributed by atoms with Gasteiger partial charge in [-0.15, -0.1) is 11.3 Å². The van der Waals surface area contributed by atoms with Crippen molar-refractivity contribution in [3.05, 3.63) is 64.1 Å². The van der Waals surface area contributed by atoms with Crippen molar-refractivity contribution in [2.75, 3.05) is 11.9 Å². The van der Waals surface area contributed by atoms with Crippen LogP contribution in [0.5, 0.6) is 0 Å². The first-order valence-electron chi connectivity index (χ1n) is 8.19. The Labute approximate surface area is 154 Å². The molecule has 4 rings (SSSR count). The molecule has 0 radical (unpaired) electrons. The molecule has 1 atom stereocenters. The van der Waals surface area contributed by atoms with Gasteiger partial charge < -0.3 is 10.4 Å². The average molecular weight is 368 g/mol. The van der Waals surface area contributed by atoms with Crippen LogP contribution in [0.3, 0.4) is 0 Å². The molecule has 0 spiro atoms. The van der Waals surface area contributed by atoms with Crippen LogP contribution in [0.1, 0.15) is 30.0 Å². The van der Waals surface area contributed by atoms with Crippen molar-refractivity contribution in [3.8, 4) is 0 Å². The van der Waals surface area contributed by atoms with E-state index in [4.69, 9.17) is 0 Å². The molecule has 0 saturated heterocycles. The van der Waals surface area contributed by atoms with Crippen molar-refractivity contribution in [2.45, 2.75) is 20.0 Å². The summed E-state index contributed by atoms with van der Waals surface area (Å²) in [6, 6.07) is 5.70. The number of rotatable bonds is 3. The summed E-state index contributed by atoms with van der Waals surface area (Å²) in [7, 11) is 0. The number of aryl methyl sites for hydroxylation is 1. The van der Waals surface area contributed by atoms with Crippen LogP contribution in [-0.2, 0) is 0 Å². The molecular formula is C19H17FN4OS. The summed E-state index contributed by atoms with van der Waals surface area (Å²) in [4.78, 5) is 13.5. The minimum atomic E-state index is -1.04. The van der Waals surface area contributed by atoms with Crippen molar-refractivity contribution < 1.29 is 9.50 Å². The molecule has 1 aromatic carbocycles. The number of nitrogens with zero attached hydrogens (tertiary/aromatic N) is 3. The van der Waals surface area contributed by atoms with Crippen molar-refractivity contribution in [2.24, 2.45) is 4.99 Å². The Morgan fingerprint density at radius 3 is 2.65 bits per heavy atom. The normalized spacial score (nSPS) is 15.1. The summed E-state index contributed by atoms with van der Waals surface area (Å²) in [5.41, 5.74) is 3.52. The third-order valence-corrected chi connectivity index (χ3v) is 5.26. The molecule has 7 heteroatoms. The number of nitrogens with one attached hydrogen (secondary N) is 1. The molecule has 1 aliphatic heterocycles. The zero-order valence-corrected chi connectivity index (χ0v) is 15.1. The predicted molar refractivity (Wildman–Crippen MR) is 102 cm³/mol. The third-order valence-electron chi connectivity index (χ3n) is 4.17. The van der Waals surface area contributed by atoms with Gasteiger partial charge in [0.25, 0.3) is 0 Å². The summed E-state index contributed by atoms with van der Waals surface area (Å²) < 4.78 is 14.1. The molecule has 0 aliphatic carbocycles. The number of benzene rings is 1. The van der Waals surface area contributed by atoms with Gasteiger partial charge in [-0.2, -0.15) is 0 Å². The molecule has 0 bridgehead atoms. The van der Waals surface area contributed by atoms with E-state index in [0.29, 0.717) is 17.9 Å². The van der Waals surface area contributed by atoms with Gasteiger partial charge in [0.1, 0.15) is 17.8 Å². The van der Waals surface area contributed by atoms with E-state index in [2.05, 4.69) is 20.3 Å². The molecule has 3 heterocycles. The van der Waals surface area contributed by atoms with Gasteiger partial charge in [-0.05, 0) is 54.1 Å². The lowest BCUT2D eigenvalue weighted by Gasteiger charge is -2.13. The maximum Gasteiger partial charge on any atom is 0.164 e. The van der Waals surface area contributed by atoms with Crippen molar-refractivity contribution in [3.63, 3.8) is 0 Å². The molecule has 132 valence electrons. The lowest BCUT2D eigenvalue weighted by Crippen LogP contribution is -2.12. The van der Waals surface area contributed by atoms with Crippen LogP contribution >= 0.6 is 11.3 Å². The number of anilines is 1. The van der Waals surface area contributed by atoms with Crippen molar-refractivity contribution in [1.82, 2.24) is 9.97 Å². The fourth-order valence-corrected chi connectivity index (χ4v) is 3.72. The highest BCUT2D eigenvalue weighted by Crippen LogP contribution is 2.32. The fourth-order valence-electron chi connectivity index (χ4n) is 2.78. The number of hydrogen-bond donors (Lipinski definition) is 2. The number of halogens is 1. The number of aliphatic imine (C=N–C) groups is 1. The Kier molecular flexibility index (Phi) is 4.26. The monoisotopic (exact) mass is 368 g/mol. The second kappa shape index (κ2) is 6.59. The highest BCUT2D eigenvalue weighted by atomic mass is 32.1. The Balaban J connectivity index is 1.77. The number of thiophene rings is 1. The highest BCUT2D eigenvalue weighted by Gasteiger charge is 2.19. The zero-order chi connectivity index (χ0) is 18.3. The molecule has 2 N–H and O–H groups in total. The molecule has 3 aromatic rings. The molecular weight excluding hydrogens is 351 g/mol. The second-order valence-electron chi connectivity index (χ2n) is 6.30. The van der Waals surface area contributed by atoms with E-state index in [1.807, 2.05) is 25.3 Å². The van der Waals surface area contributed by atoms with E-state index in [1.54, 1.807) is 11.3 Å². The van der Waals surface area contributed by atoms with E-state index >= 15 is 0 Å². The molecule has 5 nitrogen and oxygen atoms in total. The zero-order valence-electron chi connectivity index (χ0n) is 14.3. The summed E-state index contributed by atoms with van der Waals surface area (Å²) in [5.74, 6) is 1.28. The standard InChI is InChI=1S/C19H17FN4OS/c1-10-7-14(21-8-10)22-19-17-15(11(2)9-26-17)23-18(24-19)16(25)12-3-5-13(20)6-4-12/h3-7,9,16,25H,8H2,1-2H3,(H,21,22,23,24). The minimum absolute atomic E-state index is 0.271. The fraction of sp³-hybridized carbons (Fsp3) is 0.211. The first-order chi connectivity index (χ1) is 12.5. The summed E-state index contributed by atoms with van der Waals surface area (Å²) in [6.45, 7) is 4.67. The van der Waals surface area contributed by atoms with Crippen LogP contribution in [0.4, 0.5) is 10.2 Å². The van der Waals surface area contributed by atoms with E-state index in [9.17, 15) is 9.50 Å². The molecule has 0 fully saturated rings. The lowest BCUT2D eigenvalue weighted by molar-refractivity contribution is 0.210. The average Bonchev–Trinajstić information content (AvgIpc) is 3.21. The van der Waals surface area contributed by atoms with E-state index in [1.165, 1.54) is 29.8 Å². The Bertz CT molecular complexity index is 1040. The van der Waals surface area contributed by atoms with Crippen LogP contribution in [0.15, 0.2) is 46.3 Å². The van der Waals surface area contributed by atoms with Gasteiger partial charge in [0, 0.05) is 0 Å². The number of fused-ring (bicyclic) bond motifs is 1. The van der Waals surface area contributed by atoms with Gasteiger partial charge in [0.05, 0.1) is 16.8 Å². The third kappa shape index (κ3) is 3.11. The smallest absolute Gasteiger partial charge is 0.164 e. The van der Waals surface area contributed by atoms with Gasteiger partial charge in [-0.1, -0.05) is 12.1 Å². The van der Waals surface area contributed by atoms with Gasteiger partial charge in [-0.3, -0.25) is 4.99 Å². The van der Waals surface area contributed by atoms with Crippen LogP contribution in [0.25, 0.3) is 10.2 Å². The Hall–Kier alpha value is -2.64. The number of aromatic nitrogens is 2. The van der Waals surface area contributed by atoms with Crippen molar-refractivity contribution in [1.29, 1.82) is 0 Å². The van der Waals surface area contributed by atoms with Crippen LogP contribution in [0.2, 0.25) is 0 Å². The van der Waals surface area contributed by atoms with E-state index in [0.717, 1.165) is 21.6 Å². The molecule has 2 aromatic heterocycles. The Morgan fingerprint density at radius 1 is 1.19 bits per heavy atom. The quantitative estimate of drug-likeness (QED) is 0.733. The first kappa shape index (κ1) is 16.8. The van der Waals surface area contributed by atoms with Gasteiger partial charge in [-0.25, -0.2) is 14.4 Å². The topological polar surface area (TPSA) is 70.4 Å².